The molecular formula is C11H12N2O. The fraction of sp³-hybridized carbons (Fsp3) is 0.364. The van der Waals surface area contributed by atoms with Crippen molar-refractivity contribution in [2.45, 2.75) is 25.5 Å². The van der Waals surface area contributed by atoms with E-state index in [1.807, 2.05) is 18.2 Å². The minimum absolute atomic E-state index is 0.0329. The number of para-hydroxylation sites is 2. The van der Waals surface area contributed by atoms with Crippen molar-refractivity contribution in [3.63, 3.8) is 0 Å². The zero-order valence-corrected chi connectivity index (χ0v) is 7.85. The molecule has 3 rings (SSSR count). The van der Waals surface area contributed by atoms with Crippen LogP contribution in [0.5, 0.6) is 0 Å². The standard InChI is InChI=1S/C11H12N2O/c14-7-11-12-9-3-1-2-4-10(9)13(11)8-5-6-8/h1-4,8,14H,5-7H2. The molecule has 1 aromatic heterocycles. The minimum Gasteiger partial charge on any atom is -0.388 e. The van der Waals surface area contributed by atoms with E-state index in [1.54, 1.807) is 0 Å². The van der Waals surface area contributed by atoms with Gasteiger partial charge in [-0.05, 0) is 25.0 Å². The summed E-state index contributed by atoms with van der Waals surface area (Å²) < 4.78 is 2.18. The number of hydrogen-bond donors (Lipinski definition) is 1. The zero-order chi connectivity index (χ0) is 9.54. The first-order valence-corrected chi connectivity index (χ1v) is 4.97. The quantitative estimate of drug-likeness (QED) is 0.781. The van der Waals surface area contributed by atoms with Gasteiger partial charge in [-0.3, -0.25) is 0 Å². The van der Waals surface area contributed by atoms with E-state index in [2.05, 4.69) is 15.6 Å². The van der Waals surface area contributed by atoms with Gasteiger partial charge in [0.1, 0.15) is 12.4 Å². The molecule has 2 aromatic rings. The Morgan fingerprint density at radius 3 is 2.86 bits per heavy atom. The van der Waals surface area contributed by atoms with Crippen LogP contribution in [0.1, 0.15) is 24.7 Å². The molecule has 72 valence electrons. The van der Waals surface area contributed by atoms with E-state index in [-0.39, 0.29) is 6.61 Å². The van der Waals surface area contributed by atoms with E-state index >= 15 is 0 Å². The number of aliphatic hydroxyl groups is 1. The van der Waals surface area contributed by atoms with Gasteiger partial charge in [0, 0.05) is 6.04 Å². The summed E-state index contributed by atoms with van der Waals surface area (Å²) in [4.78, 5) is 4.41. The normalized spacial score (nSPS) is 16.4. The van der Waals surface area contributed by atoms with Crippen LogP contribution in [-0.4, -0.2) is 14.7 Å². The highest BCUT2D eigenvalue weighted by Gasteiger charge is 2.27. The van der Waals surface area contributed by atoms with Gasteiger partial charge < -0.3 is 9.67 Å². The highest BCUT2D eigenvalue weighted by molar-refractivity contribution is 5.76. The Labute approximate surface area is 82.0 Å². The second-order valence-electron chi connectivity index (χ2n) is 3.78. The molecule has 0 atom stereocenters. The maximum atomic E-state index is 9.21. The predicted octanol–water partition coefficient (Wildman–Crippen LogP) is 1.86. The molecule has 1 aliphatic rings. The molecular weight excluding hydrogens is 176 g/mol. The third-order valence-corrected chi connectivity index (χ3v) is 2.72. The molecule has 3 nitrogen and oxygen atoms in total. The van der Waals surface area contributed by atoms with Crippen molar-refractivity contribution in [1.82, 2.24) is 9.55 Å². The highest BCUT2D eigenvalue weighted by atomic mass is 16.3. The van der Waals surface area contributed by atoms with Crippen molar-refractivity contribution in [1.29, 1.82) is 0 Å². The number of aromatic nitrogens is 2. The minimum atomic E-state index is 0.0329. The molecule has 0 aliphatic heterocycles. The van der Waals surface area contributed by atoms with Crippen LogP contribution in [0.2, 0.25) is 0 Å². The SMILES string of the molecule is OCc1nc2ccccc2n1C1CC1. The van der Waals surface area contributed by atoms with E-state index < -0.39 is 0 Å². The van der Waals surface area contributed by atoms with Crippen LogP contribution < -0.4 is 0 Å². The second kappa shape index (κ2) is 2.82. The third kappa shape index (κ3) is 1.06. The number of benzene rings is 1. The lowest BCUT2D eigenvalue weighted by atomic mass is 10.3. The largest absolute Gasteiger partial charge is 0.388 e. The molecule has 0 amide bonds. The van der Waals surface area contributed by atoms with E-state index in [4.69, 9.17) is 0 Å². The predicted molar refractivity (Wildman–Crippen MR) is 53.9 cm³/mol. The number of aliphatic hydroxyl groups excluding tert-OH is 1. The van der Waals surface area contributed by atoms with Crippen LogP contribution in [-0.2, 0) is 6.61 Å². The number of imidazole rings is 1. The third-order valence-electron chi connectivity index (χ3n) is 2.72. The first kappa shape index (κ1) is 8.00. The van der Waals surface area contributed by atoms with Crippen molar-refractivity contribution in [2.75, 3.05) is 0 Å². The molecule has 1 N–H and O–H groups in total. The monoisotopic (exact) mass is 188 g/mol. The van der Waals surface area contributed by atoms with Crippen LogP contribution in [0.3, 0.4) is 0 Å². The van der Waals surface area contributed by atoms with Crippen molar-refractivity contribution in [2.24, 2.45) is 0 Å². The number of hydrogen-bond acceptors (Lipinski definition) is 2. The lowest BCUT2D eigenvalue weighted by molar-refractivity contribution is 0.266. The first-order chi connectivity index (χ1) is 6.90. The second-order valence-corrected chi connectivity index (χ2v) is 3.78. The van der Waals surface area contributed by atoms with Gasteiger partial charge in [-0.2, -0.15) is 0 Å². The van der Waals surface area contributed by atoms with Gasteiger partial charge in [-0.15, -0.1) is 0 Å². The summed E-state index contributed by atoms with van der Waals surface area (Å²) in [6.07, 6.45) is 2.43. The summed E-state index contributed by atoms with van der Waals surface area (Å²) >= 11 is 0. The molecule has 0 radical (unpaired) electrons. The molecule has 0 bridgehead atoms. The Hall–Kier alpha value is -1.35. The van der Waals surface area contributed by atoms with Crippen LogP contribution >= 0.6 is 0 Å². The molecule has 1 fully saturated rings. The molecule has 14 heavy (non-hydrogen) atoms. The highest BCUT2D eigenvalue weighted by Crippen LogP contribution is 2.38. The van der Waals surface area contributed by atoms with Gasteiger partial charge in [-0.1, -0.05) is 12.1 Å². The van der Waals surface area contributed by atoms with Crippen molar-refractivity contribution in [3.05, 3.63) is 30.1 Å². The van der Waals surface area contributed by atoms with Crippen LogP contribution in [0.15, 0.2) is 24.3 Å². The van der Waals surface area contributed by atoms with Gasteiger partial charge in [0.2, 0.25) is 0 Å². The summed E-state index contributed by atoms with van der Waals surface area (Å²) in [6, 6.07) is 8.63. The first-order valence-electron chi connectivity index (χ1n) is 4.97. The molecule has 1 heterocycles. The molecule has 1 saturated carbocycles. The van der Waals surface area contributed by atoms with Gasteiger partial charge in [0.15, 0.2) is 0 Å². The zero-order valence-electron chi connectivity index (χ0n) is 7.85. The van der Waals surface area contributed by atoms with Crippen LogP contribution in [0.4, 0.5) is 0 Å². The van der Waals surface area contributed by atoms with E-state index in [0.29, 0.717) is 6.04 Å². The maximum Gasteiger partial charge on any atom is 0.135 e. The van der Waals surface area contributed by atoms with Crippen molar-refractivity contribution in [3.8, 4) is 0 Å². The number of nitrogens with zero attached hydrogens (tertiary/aromatic N) is 2. The molecule has 0 spiro atoms. The summed E-state index contributed by atoms with van der Waals surface area (Å²) in [5, 5.41) is 9.21. The van der Waals surface area contributed by atoms with E-state index in [0.717, 1.165) is 16.9 Å². The Kier molecular flexibility index (Phi) is 1.61. The van der Waals surface area contributed by atoms with Gasteiger partial charge in [-0.25, -0.2) is 4.98 Å². The molecule has 0 saturated heterocycles. The Morgan fingerprint density at radius 1 is 1.36 bits per heavy atom. The summed E-state index contributed by atoms with van der Waals surface area (Å²) in [6.45, 7) is 0.0329. The summed E-state index contributed by atoms with van der Waals surface area (Å²) in [5.41, 5.74) is 2.14. The average Bonchev–Trinajstić information content (AvgIpc) is 2.98. The lowest BCUT2D eigenvalue weighted by Gasteiger charge is -2.04. The van der Waals surface area contributed by atoms with E-state index in [9.17, 15) is 5.11 Å². The maximum absolute atomic E-state index is 9.21. The van der Waals surface area contributed by atoms with Gasteiger partial charge in [0.25, 0.3) is 0 Å². The number of rotatable bonds is 2. The fourth-order valence-corrected chi connectivity index (χ4v) is 1.95. The Bertz CT molecular complexity index is 471. The van der Waals surface area contributed by atoms with Crippen LogP contribution in [0, 0.1) is 0 Å². The lowest BCUT2D eigenvalue weighted by Crippen LogP contribution is -2.00. The average molecular weight is 188 g/mol. The van der Waals surface area contributed by atoms with Crippen LogP contribution in [0.25, 0.3) is 11.0 Å². The summed E-state index contributed by atoms with van der Waals surface area (Å²) in [7, 11) is 0. The topological polar surface area (TPSA) is 38.1 Å². The molecule has 0 unspecified atom stereocenters. The smallest absolute Gasteiger partial charge is 0.135 e. The molecule has 1 aliphatic carbocycles. The summed E-state index contributed by atoms with van der Waals surface area (Å²) in [5.74, 6) is 0.800. The van der Waals surface area contributed by atoms with Gasteiger partial charge in [0.05, 0.1) is 11.0 Å². The van der Waals surface area contributed by atoms with Crippen molar-refractivity contribution < 1.29 is 5.11 Å². The fourth-order valence-electron chi connectivity index (χ4n) is 1.95. The van der Waals surface area contributed by atoms with Crippen molar-refractivity contribution >= 4 is 11.0 Å². The molecule has 3 heteroatoms. The Balaban J connectivity index is 2.29. The Morgan fingerprint density at radius 2 is 2.14 bits per heavy atom. The van der Waals surface area contributed by atoms with E-state index in [1.165, 1.54) is 12.8 Å². The molecule has 1 aromatic carbocycles. The van der Waals surface area contributed by atoms with Gasteiger partial charge >= 0.3 is 0 Å². The number of fused-ring (bicyclic) bond motifs is 1.